The van der Waals surface area contributed by atoms with E-state index in [2.05, 4.69) is 19.9 Å². The van der Waals surface area contributed by atoms with E-state index in [0.717, 1.165) is 0 Å². The van der Waals surface area contributed by atoms with Crippen LogP contribution in [0.4, 0.5) is 11.6 Å². The summed E-state index contributed by atoms with van der Waals surface area (Å²) >= 11 is 0. The normalized spacial score (nSPS) is 24.1. The second kappa shape index (κ2) is 8.73. The molecule has 2 aromatic heterocycles. The van der Waals surface area contributed by atoms with Crippen LogP contribution in [-0.4, -0.2) is 91.8 Å². The van der Waals surface area contributed by atoms with Crippen molar-refractivity contribution in [2.24, 2.45) is 11.5 Å². The molecule has 178 valence electrons. The molecule has 2 unspecified atom stereocenters. The van der Waals surface area contributed by atoms with E-state index in [1.165, 1.54) is 53.8 Å². The van der Waals surface area contributed by atoms with Crippen LogP contribution in [0.3, 0.4) is 0 Å². The largest absolute Gasteiger partial charge is 0.339 e. The molecule has 16 heteroatoms. The molecule has 0 fully saturated rings. The lowest BCUT2D eigenvalue weighted by Crippen LogP contribution is -2.70. The summed E-state index contributed by atoms with van der Waals surface area (Å²) in [6.07, 6.45) is 2.77. The van der Waals surface area contributed by atoms with Crippen molar-refractivity contribution in [3.63, 3.8) is 0 Å². The molecular weight excluding hydrogens is 480 g/mol. The number of hydrogen-bond donors (Lipinski definition) is 4. The lowest BCUT2D eigenvalue weighted by molar-refractivity contribution is 0.0568. The Hall–Kier alpha value is -3.44. The molecule has 6 N–H and O–H groups in total. The Balaban J connectivity index is 1.34. The summed E-state index contributed by atoms with van der Waals surface area (Å²) in [5, 5.41) is 19.4. The number of rotatable bonds is 7. The molecule has 4 heterocycles. The van der Waals surface area contributed by atoms with Gasteiger partial charge in [-0.2, -0.15) is 10.5 Å². The highest BCUT2D eigenvalue weighted by Gasteiger charge is 2.49. The molecule has 0 spiro atoms. The van der Waals surface area contributed by atoms with Gasteiger partial charge in [-0.05, 0) is 0 Å². The molecular formula is C18H22N12O2S2. The van der Waals surface area contributed by atoms with E-state index < -0.39 is 23.4 Å². The second-order valence-corrected chi connectivity index (χ2v) is 10.3. The van der Waals surface area contributed by atoms with E-state index in [1.807, 2.05) is 12.1 Å². The summed E-state index contributed by atoms with van der Waals surface area (Å²) in [4.78, 5) is 45.0. The number of imidazole rings is 2. The summed E-state index contributed by atoms with van der Waals surface area (Å²) in [5.74, 6) is -2.54. The van der Waals surface area contributed by atoms with Gasteiger partial charge < -0.3 is 19.8 Å². The first-order chi connectivity index (χ1) is 16.2. The van der Waals surface area contributed by atoms with Gasteiger partial charge in [0.15, 0.2) is 11.6 Å². The number of hydrogen-bond acceptors (Lipinski definition) is 12. The molecule has 2 aromatic rings. The molecule has 14 nitrogen and oxygen atoms in total. The monoisotopic (exact) mass is 502 g/mol. The fraction of sp³-hybridized carbons (Fsp3) is 0.444. The minimum Gasteiger partial charge on any atom is -0.339 e. The van der Waals surface area contributed by atoms with Gasteiger partial charge in [0.1, 0.15) is 23.5 Å². The highest BCUT2D eigenvalue weighted by Crippen LogP contribution is 2.33. The molecule has 2 aliphatic rings. The van der Waals surface area contributed by atoms with Gasteiger partial charge in [0.2, 0.25) is 0 Å². The van der Waals surface area contributed by atoms with Crippen LogP contribution in [0.15, 0.2) is 12.7 Å². The molecule has 34 heavy (non-hydrogen) atoms. The Kier molecular flexibility index (Phi) is 6.09. The number of fused-ring (bicyclic) bond motifs is 2. The summed E-state index contributed by atoms with van der Waals surface area (Å²) < 4.78 is 0. The zero-order valence-electron chi connectivity index (χ0n) is 18.3. The van der Waals surface area contributed by atoms with Gasteiger partial charge in [0.05, 0.1) is 12.7 Å². The Morgan fingerprint density at radius 2 is 1.26 bits per heavy atom. The molecule has 0 aromatic carbocycles. The van der Waals surface area contributed by atoms with Crippen molar-refractivity contribution in [2.75, 3.05) is 48.5 Å². The van der Waals surface area contributed by atoms with Crippen molar-refractivity contribution in [2.45, 2.75) is 11.6 Å². The number of nitrogens with zero attached hydrogens (tertiary/aromatic N) is 8. The van der Waals surface area contributed by atoms with Crippen LogP contribution < -0.4 is 21.3 Å². The lowest BCUT2D eigenvalue weighted by atomic mass is 10.1. The summed E-state index contributed by atoms with van der Waals surface area (Å²) in [6.45, 7) is 0.427. The number of carbonyl (C=O) groups is 2. The van der Waals surface area contributed by atoms with Gasteiger partial charge >= 0.3 is 0 Å². The third kappa shape index (κ3) is 3.43. The van der Waals surface area contributed by atoms with Crippen LogP contribution in [0, 0.1) is 22.7 Å². The van der Waals surface area contributed by atoms with Crippen molar-refractivity contribution in [1.29, 1.82) is 10.5 Å². The van der Waals surface area contributed by atoms with Crippen molar-refractivity contribution in [3.05, 3.63) is 24.0 Å². The first-order valence-electron chi connectivity index (χ1n) is 10.0. The Labute approximate surface area is 202 Å². The van der Waals surface area contributed by atoms with Gasteiger partial charge in [-0.25, -0.2) is 9.97 Å². The Morgan fingerprint density at radius 3 is 1.62 bits per heavy atom. The van der Waals surface area contributed by atoms with Gasteiger partial charge in [0.25, 0.3) is 23.4 Å². The quantitative estimate of drug-likeness (QED) is 0.273. The number of H-pyrrole nitrogens is 2. The average Bonchev–Trinajstić information content (AvgIpc) is 3.52. The number of nitriles is 2. The summed E-state index contributed by atoms with van der Waals surface area (Å²) in [6, 6.07) is 4.01. The maximum absolute atomic E-state index is 12.9. The maximum atomic E-state index is 12.9. The fourth-order valence-corrected chi connectivity index (χ4v) is 5.76. The topological polar surface area (TPSA) is 204 Å². The van der Waals surface area contributed by atoms with Crippen LogP contribution in [0.5, 0.6) is 0 Å². The number of carbonyl (C=O) groups excluding carboxylic acids is 2. The maximum Gasteiger partial charge on any atom is 0.277 e. The highest BCUT2D eigenvalue weighted by atomic mass is 33.1. The summed E-state index contributed by atoms with van der Waals surface area (Å²) in [7, 11) is 6.11. The predicted molar refractivity (Wildman–Crippen MR) is 126 cm³/mol. The van der Waals surface area contributed by atoms with E-state index >= 15 is 0 Å². The molecule has 2 atom stereocenters. The van der Waals surface area contributed by atoms with E-state index in [-0.39, 0.29) is 24.5 Å². The average molecular weight is 503 g/mol. The fourth-order valence-electron chi connectivity index (χ4n) is 3.85. The molecule has 2 aliphatic heterocycles. The SMILES string of the molecule is CN1c2nc[nH]c2C(=O)N(CCSSCCN2C(=O)c3[nH]cnc3N(C)C2(N)C#N)C1(N)C#N. The molecule has 0 radical (unpaired) electrons. The zero-order chi connectivity index (χ0) is 24.7. The third-order valence-electron chi connectivity index (χ3n) is 5.85. The van der Waals surface area contributed by atoms with Crippen LogP contribution in [-0.2, 0) is 0 Å². The minimum absolute atomic E-state index is 0.214. The molecule has 0 saturated heterocycles. The van der Waals surface area contributed by atoms with Crippen molar-refractivity contribution in [1.82, 2.24) is 29.7 Å². The number of aromatic nitrogens is 4. The second-order valence-electron chi connectivity index (χ2n) is 7.55. The Morgan fingerprint density at radius 1 is 0.882 bits per heavy atom. The number of aromatic amines is 2. The first-order valence-corrected chi connectivity index (χ1v) is 12.5. The van der Waals surface area contributed by atoms with Crippen LogP contribution >= 0.6 is 21.6 Å². The minimum atomic E-state index is -1.66. The molecule has 0 aliphatic carbocycles. The van der Waals surface area contributed by atoms with Crippen LogP contribution in [0.2, 0.25) is 0 Å². The van der Waals surface area contributed by atoms with Gasteiger partial charge in [-0.1, -0.05) is 21.6 Å². The zero-order valence-corrected chi connectivity index (χ0v) is 20.0. The molecule has 2 amide bonds. The number of nitrogens with two attached hydrogens (primary N) is 2. The van der Waals surface area contributed by atoms with E-state index in [0.29, 0.717) is 23.1 Å². The van der Waals surface area contributed by atoms with Gasteiger partial charge in [0, 0.05) is 38.7 Å². The van der Waals surface area contributed by atoms with Crippen molar-refractivity contribution >= 4 is 45.0 Å². The Bertz CT molecular complexity index is 1110. The van der Waals surface area contributed by atoms with E-state index in [9.17, 15) is 20.1 Å². The van der Waals surface area contributed by atoms with Crippen molar-refractivity contribution in [3.8, 4) is 12.1 Å². The number of anilines is 2. The van der Waals surface area contributed by atoms with E-state index in [1.54, 1.807) is 14.1 Å². The van der Waals surface area contributed by atoms with Crippen LogP contribution in [0.1, 0.15) is 21.0 Å². The summed E-state index contributed by atoms with van der Waals surface area (Å²) in [5.41, 5.74) is 13.1. The number of nitrogens with one attached hydrogen (secondary N) is 2. The predicted octanol–water partition coefficient (Wildman–Crippen LogP) is -0.729. The van der Waals surface area contributed by atoms with Gasteiger partial charge in [-0.3, -0.25) is 30.9 Å². The first kappa shape index (κ1) is 23.7. The molecule has 4 rings (SSSR count). The third-order valence-corrected chi connectivity index (χ3v) is 8.21. The highest BCUT2D eigenvalue weighted by molar-refractivity contribution is 8.76. The van der Waals surface area contributed by atoms with E-state index in [4.69, 9.17) is 11.5 Å². The molecule has 0 bridgehead atoms. The standard InChI is InChI=1S/C18H22N12O2S2/c1-27-13-11(23-9-25-13)15(31)29(17(27,21)7-19)3-5-33-34-6-4-30-16(32)12-14(26-10-24-12)28(2)18(30,22)8-20/h9-10H,3-6,21-22H2,1-2H3,(H,23,25)(H,24,26). The lowest BCUT2D eigenvalue weighted by Gasteiger charge is -2.45. The van der Waals surface area contributed by atoms with Gasteiger partial charge in [-0.15, -0.1) is 0 Å². The van der Waals surface area contributed by atoms with Crippen LogP contribution in [0.25, 0.3) is 0 Å². The smallest absolute Gasteiger partial charge is 0.277 e. The number of amides is 2. The molecule has 0 saturated carbocycles. The van der Waals surface area contributed by atoms with Crippen molar-refractivity contribution < 1.29 is 9.59 Å².